The van der Waals surface area contributed by atoms with Gasteiger partial charge in [0, 0.05) is 25.6 Å². The Morgan fingerprint density at radius 3 is 2.32 bits per heavy atom. The molecule has 0 aromatic rings. The number of nitrogens with two attached hydrogens (primary N) is 3. The number of aliphatic imine (C=N–C) groups is 1. The van der Waals surface area contributed by atoms with Gasteiger partial charge in [-0.15, -0.1) is 0 Å². The van der Waals surface area contributed by atoms with Crippen molar-refractivity contribution >= 4 is 11.9 Å². The average molecular weight is 682 g/mol. The van der Waals surface area contributed by atoms with Crippen molar-refractivity contribution in [3.63, 3.8) is 0 Å². The molecule has 2 heterocycles. The molecule has 20 heteroatoms. The summed E-state index contributed by atoms with van der Waals surface area (Å²) in [6, 6.07) is -3.97. The molecule has 2 saturated heterocycles. The maximum atomic E-state index is 13.2. The van der Waals surface area contributed by atoms with Gasteiger partial charge in [-0.3, -0.25) is 4.79 Å². The van der Waals surface area contributed by atoms with Crippen molar-refractivity contribution in [1.29, 1.82) is 0 Å². The summed E-state index contributed by atoms with van der Waals surface area (Å²) in [4.78, 5) is 17.0. The zero-order chi connectivity index (χ0) is 34.8. The van der Waals surface area contributed by atoms with Gasteiger partial charge in [-0.2, -0.15) is 0 Å². The van der Waals surface area contributed by atoms with Crippen LogP contribution in [0.3, 0.4) is 0 Å². The summed E-state index contributed by atoms with van der Waals surface area (Å²) in [5.74, 6) is -1.19. The fraction of sp³-hybridized carbons (Fsp3) is 0.926. The molecule has 4 fully saturated rings. The highest BCUT2D eigenvalue weighted by molar-refractivity contribution is 5.90. The third-order valence-electron chi connectivity index (χ3n) is 9.18. The van der Waals surface area contributed by atoms with E-state index in [0.717, 1.165) is 0 Å². The predicted molar refractivity (Wildman–Crippen MR) is 160 cm³/mol. The molecule has 272 valence electrons. The summed E-state index contributed by atoms with van der Waals surface area (Å²) in [7, 11) is 1.52. The summed E-state index contributed by atoms with van der Waals surface area (Å²) in [6.07, 6.45) is -14.7. The number of hydrogen-bond acceptors (Lipinski definition) is 17. The van der Waals surface area contributed by atoms with Gasteiger partial charge in [-0.1, -0.05) is 0 Å². The summed E-state index contributed by atoms with van der Waals surface area (Å²) in [5, 5.41) is 93.2. The lowest BCUT2D eigenvalue weighted by Gasteiger charge is -2.49. The smallest absolute Gasteiger partial charge is 0.254 e. The van der Waals surface area contributed by atoms with Gasteiger partial charge in [-0.25, -0.2) is 4.99 Å². The van der Waals surface area contributed by atoms with E-state index in [1.54, 1.807) is 0 Å². The van der Waals surface area contributed by atoms with Crippen LogP contribution in [-0.2, 0) is 23.7 Å². The van der Waals surface area contributed by atoms with Crippen molar-refractivity contribution < 1.29 is 64.6 Å². The van der Waals surface area contributed by atoms with E-state index in [2.05, 4.69) is 20.9 Å². The van der Waals surface area contributed by atoms with E-state index in [0.29, 0.717) is 13.0 Å². The quantitative estimate of drug-likeness (QED) is 0.0487. The average Bonchev–Trinajstić information content (AvgIpc) is 3.66. The Morgan fingerprint density at radius 1 is 1.00 bits per heavy atom. The summed E-state index contributed by atoms with van der Waals surface area (Å²) < 4.78 is 23.3. The highest BCUT2D eigenvalue weighted by atomic mass is 16.7. The summed E-state index contributed by atoms with van der Waals surface area (Å²) >= 11 is 0. The lowest BCUT2D eigenvalue weighted by atomic mass is 9.83. The number of nitrogens with zero attached hydrogens (tertiary/aromatic N) is 1. The molecule has 4 aliphatic rings. The number of ether oxygens (including phenoxy) is 4. The van der Waals surface area contributed by atoms with Gasteiger partial charge in [0.05, 0.1) is 24.7 Å². The Kier molecular flexibility index (Phi) is 12.4. The highest BCUT2D eigenvalue weighted by Gasteiger charge is 2.61. The number of hydrogen-bond donors (Lipinski definition) is 14. The van der Waals surface area contributed by atoms with Crippen molar-refractivity contribution in [2.45, 2.75) is 123 Å². The van der Waals surface area contributed by atoms with Crippen LogP contribution in [0.1, 0.15) is 26.2 Å². The van der Waals surface area contributed by atoms with E-state index in [4.69, 9.17) is 41.3 Å². The highest BCUT2D eigenvalue weighted by Crippen LogP contribution is 2.40. The van der Waals surface area contributed by atoms with E-state index < -0.39 is 103 Å². The molecule has 16 atom stereocenters. The number of rotatable bonds is 13. The minimum absolute atomic E-state index is 0.0288. The van der Waals surface area contributed by atoms with E-state index in [1.807, 2.05) is 0 Å². The van der Waals surface area contributed by atoms with Crippen LogP contribution in [0.15, 0.2) is 4.99 Å². The Bertz CT molecular complexity index is 1090. The molecule has 0 aromatic heterocycles. The molecule has 2 aliphatic heterocycles. The van der Waals surface area contributed by atoms with Crippen LogP contribution in [0.4, 0.5) is 0 Å². The maximum absolute atomic E-state index is 13.2. The van der Waals surface area contributed by atoms with E-state index >= 15 is 0 Å². The second kappa shape index (κ2) is 15.4. The molecule has 0 bridgehead atoms. The van der Waals surface area contributed by atoms with E-state index in [9.17, 15) is 40.5 Å². The van der Waals surface area contributed by atoms with Crippen LogP contribution in [0.2, 0.25) is 0 Å². The first-order valence-electron chi connectivity index (χ1n) is 15.6. The van der Waals surface area contributed by atoms with Crippen molar-refractivity contribution in [2.24, 2.45) is 22.2 Å². The van der Waals surface area contributed by atoms with Crippen LogP contribution < -0.4 is 33.2 Å². The minimum Gasteiger partial charge on any atom is -0.396 e. The maximum Gasteiger partial charge on any atom is 0.254 e. The number of amides is 1. The number of carbonyl (C=O) groups excluding carboxylic acids is 1. The molecule has 17 N–H and O–H groups in total. The molecular weight excluding hydrogens is 630 g/mol. The Labute approximate surface area is 271 Å². The van der Waals surface area contributed by atoms with Gasteiger partial charge in [0.15, 0.2) is 24.1 Å². The number of aliphatic hydroxyl groups is 8. The molecule has 2 saturated carbocycles. The normalized spacial score (nSPS) is 46.9. The van der Waals surface area contributed by atoms with Crippen LogP contribution in [0.5, 0.6) is 0 Å². The fourth-order valence-corrected chi connectivity index (χ4v) is 6.36. The van der Waals surface area contributed by atoms with Crippen LogP contribution in [0.25, 0.3) is 0 Å². The first-order valence-corrected chi connectivity index (χ1v) is 15.6. The molecule has 1 amide bonds. The predicted octanol–water partition coefficient (Wildman–Crippen LogP) is -8.05. The second-order valence-corrected chi connectivity index (χ2v) is 13.0. The van der Waals surface area contributed by atoms with Crippen molar-refractivity contribution in [3.05, 3.63) is 0 Å². The van der Waals surface area contributed by atoms with Gasteiger partial charge < -0.3 is 93.0 Å². The summed E-state index contributed by atoms with van der Waals surface area (Å²) in [6.45, 7) is 1.53. The first-order chi connectivity index (χ1) is 22.0. The second-order valence-electron chi connectivity index (χ2n) is 13.0. The lowest BCUT2D eigenvalue weighted by molar-refractivity contribution is -0.330. The molecule has 2 aliphatic carbocycles. The molecule has 20 nitrogen and oxygen atoms in total. The Hall–Kier alpha value is -1.86. The first kappa shape index (κ1) is 38.0. The third kappa shape index (κ3) is 8.31. The lowest BCUT2D eigenvalue weighted by Crippen LogP contribution is -2.70. The van der Waals surface area contributed by atoms with Gasteiger partial charge in [0.25, 0.3) is 5.91 Å². The fourth-order valence-electron chi connectivity index (χ4n) is 6.36. The largest absolute Gasteiger partial charge is 0.396 e. The number of guanidine groups is 1. The van der Waals surface area contributed by atoms with E-state index in [1.165, 1.54) is 14.0 Å². The van der Waals surface area contributed by atoms with Gasteiger partial charge in [0.2, 0.25) is 0 Å². The van der Waals surface area contributed by atoms with Crippen molar-refractivity contribution in [1.82, 2.24) is 16.0 Å². The van der Waals surface area contributed by atoms with Gasteiger partial charge >= 0.3 is 0 Å². The SMILES string of the molecule is CN[C@@H]1[C@@H](O)[C@@H](O[C@H]2[C@H](NC(=O)C3(O)CC3N=C(N)N)C[C@H](N)C(O[C@H]3O[C@H](CNCCCO)[C@@H](O)[C@H](O)[C@H]3O)[C@@H]2O)OC[C@]1(C)O. The molecule has 3 unspecified atom stereocenters. The molecule has 47 heavy (non-hydrogen) atoms. The van der Waals surface area contributed by atoms with Crippen molar-refractivity contribution in [3.8, 4) is 0 Å². The van der Waals surface area contributed by atoms with Crippen LogP contribution >= 0.6 is 0 Å². The van der Waals surface area contributed by atoms with Crippen LogP contribution in [0, 0.1) is 0 Å². The van der Waals surface area contributed by atoms with E-state index in [-0.39, 0.29) is 38.6 Å². The van der Waals surface area contributed by atoms with Crippen LogP contribution in [-0.4, -0.2) is 183 Å². The molecule has 0 radical (unpaired) electrons. The van der Waals surface area contributed by atoms with Crippen molar-refractivity contribution in [2.75, 3.05) is 33.4 Å². The zero-order valence-corrected chi connectivity index (χ0v) is 26.3. The summed E-state index contributed by atoms with van der Waals surface area (Å²) in [5.41, 5.74) is 13.8. The number of aliphatic hydroxyl groups excluding tert-OH is 6. The number of carbonyl (C=O) groups is 1. The van der Waals surface area contributed by atoms with Gasteiger partial charge in [0.1, 0.15) is 54.4 Å². The monoisotopic (exact) mass is 681 g/mol. The molecule has 4 rings (SSSR count). The standard InChI is InChI=1S/C27H51N7O13/c1-26(42)9-44-22(18(40)21(26)31-2)47-20-11(33-24(41)27(43)7-13(27)34-25(29)30)6-10(28)19(17(20)39)46-23-16(38)15(37)14(36)12(45-23)8-32-4-3-5-35/h10-23,31-32,35-40,42-43H,3-9,28H2,1-2H3,(H,33,41)(H4,29,30,34)/t10-,11+,12+,13?,14+,15-,16+,17-,18+,19?,20-,21+,22+,23+,26-,27?/m0/s1. The molecular formula is C27H51N7O13. The zero-order valence-electron chi connectivity index (χ0n) is 26.3. The topological polar surface area (TPSA) is 342 Å². The Balaban J connectivity index is 1.54. The minimum atomic E-state index is -1.94. The third-order valence-corrected chi connectivity index (χ3v) is 9.18. The number of nitrogens with one attached hydrogen (secondary N) is 3. The molecule has 0 aromatic carbocycles. The Morgan fingerprint density at radius 2 is 1.68 bits per heavy atom. The molecule has 0 spiro atoms. The van der Waals surface area contributed by atoms with Gasteiger partial charge in [-0.05, 0) is 33.4 Å². The number of likely N-dealkylation sites (N-methyl/N-ethyl adjacent to an activating group) is 1.